The maximum absolute atomic E-state index is 6.28. The average molecular weight is 221 g/mol. The molecule has 0 aromatic carbocycles. The topological polar surface area (TPSA) is 9.23 Å². The molecule has 1 rings (SSSR count). The highest BCUT2D eigenvalue weighted by atomic mass is 16.5. The SMILES string of the molecule is C[B]C1C=C(C(C)C)C(CC)(CC(C)C)O1. The summed E-state index contributed by atoms with van der Waals surface area (Å²) < 4.78 is 6.28. The van der Waals surface area contributed by atoms with E-state index < -0.39 is 0 Å². The molecule has 0 fully saturated rings. The maximum Gasteiger partial charge on any atom is 0.151 e. The van der Waals surface area contributed by atoms with Crippen LogP contribution in [0.1, 0.15) is 47.5 Å². The van der Waals surface area contributed by atoms with Crippen molar-refractivity contribution < 1.29 is 4.74 Å². The molecule has 0 aromatic rings. The van der Waals surface area contributed by atoms with Gasteiger partial charge in [-0.25, -0.2) is 0 Å². The van der Waals surface area contributed by atoms with E-state index in [-0.39, 0.29) is 11.6 Å². The number of ether oxygens (including phenoxy) is 1. The zero-order valence-corrected chi connectivity index (χ0v) is 11.7. The summed E-state index contributed by atoms with van der Waals surface area (Å²) in [5.41, 5.74) is 1.51. The van der Waals surface area contributed by atoms with Gasteiger partial charge in [0.15, 0.2) is 7.28 Å². The lowest BCUT2D eigenvalue weighted by atomic mass is 9.74. The van der Waals surface area contributed by atoms with Crippen LogP contribution in [0.25, 0.3) is 0 Å². The van der Waals surface area contributed by atoms with Crippen LogP contribution in [-0.4, -0.2) is 18.9 Å². The molecular formula is C14H26BO. The van der Waals surface area contributed by atoms with Crippen LogP contribution in [0.5, 0.6) is 0 Å². The predicted molar refractivity (Wildman–Crippen MR) is 71.9 cm³/mol. The molecule has 1 nitrogen and oxygen atoms in total. The Morgan fingerprint density at radius 2 is 2.00 bits per heavy atom. The summed E-state index contributed by atoms with van der Waals surface area (Å²) in [5.74, 6) is 1.27. The number of hydrogen-bond acceptors (Lipinski definition) is 1. The van der Waals surface area contributed by atoms with Crippen LogP contribution >= 0.6 is 0 Å². The van der Waals surface area contributed by atoms with Gasteiger partial charge in [0.1, 0.15) is 0 Å². The van der Waals surface area contributed by atoms with E-state index in [2.05, 4.69) is 54.8 Å². The quantitative estimate of drug-likeness (QED) is 0.505. The Balaban J connectivity index is 2.95. The van der Waals surface area contributed by atoms with Crippen LogP contribution in [0, 0.1) is 11.8 Å². The standard InChI is InChI=1S/C14H26BO/c1-7-14(9-10(2)3)12(11(4)5)8-13(15-6)16-14/h8,10-11,13H,7,9H2,1-6H3. The maximum atomic E-state index is 6.28. The molecule has 0 spiro atoms. The van der Waals surface area contributed by atoms with Gasteiger partial charge in [-0.2, -0.15) is 0 Å². The second kappa shape index (κ2) is 5.40. The summed E-state index contributed by atoms with van der Waals surface area (Å²) in [6, 6.07) is 0.219. The van der Waals surface area contributed by atoms with E-state index in [4.69, 9.17) is 4.74 Å². The molecule has 1 aliphatic heterocycles. The molecule has 91 valence electrons. The van der Waals surface area contributed by atoms with Crippen molar-refractivity contribution in [2.24, 2.45) is 11.8 Å². The van der Waals surface area contributed by atoms with Gasteiger partial charge in [0.05, 0.1) is 5.60 Å². The van der Waals surface area contributed by atoms with Crippen molar-refractivity contribution in [2.75, 3.05) is 0 Å². The van der Waals surface area contributed by atoms with E-state index in [1.54, 1.807) is 0 Å². The zero-order chi connectivity index (χ0) is 12.3. The van der Waals surface area contributed by atoms with E-state index in [1.165, 1.54) is 5.57 Å². The van der Waals surface area contributed by atoms with Crippen LogP contribution < -0.4 is 0 Å². The Hall–Kier alpha value is -0.235. The fourth-order valence-corrected chi connectivity index (χ4v) is 2.83. The highest BCUT2D eigenvalue weighted by molar-refractivity contribution is 6.36. The summed E-state index contributed by atoms with van der Waals surface area (Å²) in [6.07, 6.45) is 4.55. The highest BCUT2D eigenvalue weighted by Gasteiger charge is 2.41. The van der Waals surface area contributed by atoms with Crippen molar-refractivity contribution in [1.29, 1.82) is 0 Å². The number of hydrogen-bond donors (Lipinski definition) is 0. The Morgan fingerprint density at radius 3 is 2.38 bits per heavy atom. The summed E-state index contributed by atoms with van der Waals surface area (Å²) in [4.78, 5) is 0. The van der Waals surface area contributed by atoms with Gasteiger partial charge in [-0.15, -0.1) is 0 Å². The third-order valence-electron chi connectivity index (χ3n) is 3.49. The van der Waals surface area contributed by atoms with Crippen LogP contribution in [-0.2, 0) is 4.74 Å². The molecule has 0 amide bonds. The fraction of sp³-hybridized carbons (Fsp3) is 0.857. The van der Waals surface area contributed by atoms with E-state index >= 15 is 0 Å². The van der Waals surface area contributed by atoms with Crippen molar-refractivity contribution >= 4 is 7.28 Å². The molecule has 2 atom stereocenters. The van der Waals surface area contributed by atoms with Crippen molar-refractivity contribution in [3.63, 3.8) is 0 Å². The molecule has 16 heavy (non-hydrogen) atoms. The van der Waals surface area contributed by atoms with Crippen LogP contribution in [0.3, 0.4) is 0 Å². The van der Waals surface area contributed by atoms with Crippen molar-refractivity contribution in [1.82, 2.24) is 0 Å². The van der Waals surface area contributed by atoms with E-state index in [1.807, 2.05) is 0 Å². The Labute approximate surface area is 102 Å². The van der Waals surface area contributed by atoms with E-state index in [0.717, 1.165) is 12.8 Å². The van der Waals surface area contributed by atoms with Crippen LogP contribution in [0.15, 0.2) is 11.6 Å². The predicted octanol–water partition coefficient (Wildman–Crippen LogP) is 3.87. The average Bonchev–Trinajstić information content (AvgIpc) is 2.56. The lowest BCUT2D eigenvalue weighted by Crippen LogP contribution is -2.36. The molecule has 0 aromatic heterocycles. The monoisotopic (exact) mass is 221 g/mol. The molecule has 0 N–H and O–H groups in total. The minimum atomic E-state index is -0.000486. The molecular weight excluding hydrogens is 195 g/mol. The first kappa shape index (κ1) is 13.8. The van der Waals surface area contributed by atoms with Gasteiger partial charge in [-0.1, -0.05) is 47.5 Å². The number of rotatable bonds is 5. The van der Waals surface area contributed by atoms with Crippen molar-refractivity contribution in [3.8, 4) is 0 Å². The largest absolute Gasteiger partial charge is 0.372 e. The molecule has 0 bridgehead atoms. The molecule has 0 aliphatic carbocycles. The van der Waals surface area contributed by atoms with Gasteiger partial charge >= 0.3 is 0 Å². The Kier molecular flexibility index (Phi) is 4.67. The lowest BCUT2D eigenvalue weighted by molar-refractivity contribution is -0.0217. The van der Waals surface area contributed by atoms with Gasteiger partial charge in [0, 0.05) is 6.00 Å². The molecule has 0 saturated heterocycles. The van der Waals surface area contributed by atoms with E-state index in [9.17, 15) is 0 Å². The summed E-state index contributed by atoms with van der Waals surface area (Å²) in [6.45, 7) is 13.4. The van der Waals surface area contributed by atoms with E-state index in [0.29, 0.717) is 11.8 Å². The van der Waals surface area contributed by atoms with Gasteiger partial charge in [0.2, 0.25) is 0 Å². The van der Waals surface area contributed by atoms with Gasteiger partial charge in [0.25, 0.3) is 0 Å². The second-order valence-electron chi connectivity index (χ2n) is 5.64. The lowest BCUT2D eigenvalue weighted by Gasteiger charge is -2.35. The fourth-order valence-electron chi connectivity index (χ4n) is 2.83. The molecule has 2 heteroatoms. The summed E-state index contributed by atoms with van der Waals surface area (Å²) in [7, 11) is 2.15. The normalized spacial score (nSPS) is 30.0. The first-order valence-corrected chi connectivity index (χ1v) is 6.64. The first-order valence-electron chi connectivity index (χ1n) is 6.64. The summed E-state index contributed by atoms with van der Waals surface area (Å²) in [5, 5.41) is 0. The highest BCUT2D eigenvalue weighted by Crippen LogP contribution is 2.42. The van der Waals surface area contributed by atoms with Gasteiger partial charge in [-0.05, 0) is 30.3 Å². The van der Waals surface area contributed by atoms with Crippen LogP contribution in [0.4, 0.5) is 0 Å². The Morgan fingerprint density at radius 1 is 1.38 bits per heavy atom. The second-order valence-corrected chi connectivity index (χ2v) is 5.64. The van der Waals surface area contributed by atoms with Gasteiger partial charge in [-0.3, -0.25) is 0 Å². The Bertz CT molecular complexity index is 257. The molecule has 1 heterocycles. The molecule has 2 unspecified atom stereocenters. The van der Waals surface area contributed by atoms with Crippen molar-refractivity contribution in [3.05, 3.63) is 11.6 Å². The smallest absolute Gasteiger partial charge is 0.151 e. The minimum Gasteiger partial charge on any atom is -0.372 e. The van der Waals surface area contributed by atoms with Crippen molar-refractivity contribution in [2.45, 2.75) is 65.9 Å². The minimum absolute atomic E-state index is 0.000486. The van der Waals surface area contributed by atoms with Crippen LogP contribution in [0.2, 0.25) is 6.82 Å². The summed E-state index contributed by atoms with van der Waals surface area (Å²) >= 11 is 0. The zero-order valence-electron chi connectivity index (χ0n) is 11.7. The molecule has 1 radical (unpaired) electrons. The first-order chi connectivity index (χ1) is 7.45. The van der Waals surface area contributed by atoms with Gasteiger partial charge < -0.3 is 4.74 Å². The molecule has 1 aliphatic rings. The third-order valence-corrected chi connectivity index (χ3v) is 3.49. The third kappa shape index (κ3) is 2.71. The molecule has 0 saturated carbocycles.